The molecule has 0 radical (unpaired) electrons. The lowest BCUT2D eigenvalue weighted by Crippen LogP contribution is -2.08. The minimum absolute atomic E-state index is 0.0148. The van der Waals surface area contributed by atoms with E-state index in [1.54, 1.807) is 18.3 Å². The molecule has 0 atom stereocenters. The van der Waals surface area contributed by atoms with Gasteiger partial charge < -0.3 is 9.47 Å². The Morgan fingerprint density at radius 2 is 2.12 bits per heavy atom. The number of esters is 1. The van der Waals surface area contributed by atoms with Gasteiger partial charge in [0.05, 0.1) is 32.7 Å². The zero-order chi connectivity index (χ0) is 17.8. The van der Waals surface area contributed by atoms with Gasteiger partial charge in [-0.3, -0.25) is 0 Å². The van der Waals surface area contributed by atoms with Crippen molar-refractivity contribution in [3.8, 4) is 17.1 Å². The number of nitrogens with zero attached hydrogens (tertiary/aromatic N) is 5. The SMILES string of the molecule is COC(=O)c1ncn(Cc2cnc(OC)c(-c3cccc(Cl)c3)n2)n1. The van der Waals surface area contributed by atoms with E-state index < -0.39 is 5.97 Å². The van der Waals surface area contributed by atoms with Crippen molar-refractivity contribution in [2.45, 2.75) is 6.54 Å². The Balaban J connectivity index is 1.92. The molecule has 0 saturated carbocycles. The maximum atomic E-state index is 11.4. The van der Waals surface area contributed by atoms with E-state index in [1.807, 2.05) is 12.1 Å². The van der Waals surface area contributed by atoms with Crippen LogP contribution in [0.3, 0.4) is 0 Å². The fourth-order valence-electron chi connectivity index (χ4n) is 2.19. The first-order valence-electron chi connectivity index (χ1n) is 7.24. The molecule has 8 nitrogen and oxygen atoms in total. The van der Waals surface area contributed by atoms with Gasteiger partial charge in [0.25, 0.3) is 5.82 Å². The Bertz CT molecular complexity index is 912. The fourth-order valence-corrected chi connectivity index (χ4v) is 2.38. The molecule has 3 rings (SSSR count). The molecular formula is C16H14ClN5O3. The highest BCUT2D eigenvalue weighted by atomic mass is 35.5. The smallest absolute Gasteiger partial charge is 0.377 e. The van der Waals surface area contributed by atoms with Gasteiger partial charge >= 0.3 is 5.97 Å². The molecule has 128 valence electrons. The van der Waals surface area contributed by atoms with E-state index in [-0.39, 0.29) is 12.4 Å². The maximum Gasteiger partial charge on any atom is 0.377 e. The zero-order valence-electron chi connectivity index (χ0n) is 13.5. The van der Waals surface area contributed by atoms with Gasteiger partial charge in [-0.1, -0.05) is 23.7 Å². The van der Waals surface area contributed by atoms with Gasteiger partial charge in [0.2, 0.25) is 5.88 Å². The molecule has 2 aromatic heterocycles. The highest BCUT2D eigenvalue weighted by Gasteiger charge is 2.14. The summed E-state index contributed by atoms with van der Waals surface area (Å²) in [5.74, 6) is -0.224. The molecule has 0 aliphatic carbocycles. The predicted molar refractivity (Wildman–Crippen MR) is 89.5 cm³/mol. The number of ether oxygens (including phenoxy) is 2. The van der Waals surface area contributed by atoms with E-state index >= 15 is 0 Å². The molecule has 0 unspecified atom stereocenters. The molecule has 0 aliphatic heterocycles. The van der Waals surface area contributed by atoms with Crippen molar-refractivity contribution in [2.24, 2.45) is 0 Å². The molecule has 0 spiro atoms. The molecule has 0 N–H and O–H groups in total. The second-order valence-electron chi connectivity index (χ2n) is 4.99. The van der Waals surface area contributed by atoms with Crippen LogP contribution in [0.4, 0.5) is 0 Å². The van der Waals surface area contributed by atoms with Gasteiger partial charge in [-0.2, -0.15) is 0 Å². The summed E-state index contributed by atoms with van der Waals surface area (Å²) in [6.07, 6.45) is 3.00. The first-order valence-corrected chi connectivity index (χ1v) is 7.62. The van der Waals surface area contributed by atoms with Crippen molar-refractivity contribution in [3.05, 3.63) is 53.3 Å². The highest BCUT2D eigenvalue weighted by molar-refractivity contribution is 6.30. The fraction of sp³-hybridized carbons (Fsp3) is 0.188. The summed E-state index contributed by atoms with van der Waals surface area (Å²) >= 11 is 6.05. The lowest BCUT2D eigenvalue weighted by Gasteiger charge is -2.09. The van der Waals surface area contributed by atoms with Crippen LogP contribution in [-0.2, 0) is 11.3 Å². The number of benzene rings is 1. The molecule has 0 fully saturated rings. The van der Waals surface area contributed by atoms with Crippen molar-refractivity contribution < 1.29 is 14.3 Å². The highest BCUT2D eigenvalue weighted by Crippen LogP contribution is 2.28. The largest absolute Gasteiger partial charge is 0.479 e. The lowest BCUT2D eigenvalue weighted by atomic mass is 10.1. The van der Waals surface area contributed by atoms with E-state index in [0.717, 1.165) is 5.56 Å². The van der Waals surface area contributed by atoms with Crippen molar-refractivity contribution in [3.63, 3.8) is 0 Å². The molecule has 0 saturated heterocycles. The third-order valence-corrected chi connectivity index (χ3v) is 3.54. The Morgan fingerprint density at radius 1 is 1.28 bits per heavy atom. The van der Waals surface area contributed by atoms with Crippen LogP contribution >= 0.6 is 11.6 Å². The second kappa shape index (κ2) is 7.27. The molecule has 25 heavy (non-hydrogen) atoms. The van der Waals surface area contributed by atoms with Crippen LogP contribution in [0.1, 0.15) is 16.3 Å². The minimum atomic E-state index is -0.598. The second-order valence-corrected chi connectivity index (χ2v) is 5.42. The van der Waals surface area contributed by atoms with Crippen molar-refractivity contribution in [2.75, 3.05) is 14.2 Å². The van der Waals surface area contributed by atoms with Crippen LogP contribution in [0.2, 0.25) is 5.02 Å². The summed E-state index contributed by atoms with van der Waals surface area (Å²) in [6, 6.07) is 7.25. The summed E-state index contributed by atoms with van der Waals surface area (Å²) in [5, 5.41) is 4.63. The van der Waals surface area contributed by atoms with E-state index in [2.05, 4.69) is 24.8 Å². The number of carbonyl (C=O) groups is 1. The summed E-state index contributed by atoms with van der Waals surface area (Å²) in [6.45, 7) is 0.286. The molecule has 2 heterocycles. The molecule has 0 aliphatic rings. The average Bonchev–Trinajstić information content (AvgIpc) is 3.09. The molecule has 0 amide bonds. The average molecular weight is 360 g/mol. The summed E-state index contributed by atoms with van der Waals surface area (Å²) < 4.78 is 11.3. The number of halogens is 1. The monoisotopic (exact) mass is 359 g/mol. The van der Waals surface area contributed by atoms with Crippen LogP contribution in [-0.4, -0.2) is 44.9 Å². The van der Waals surface area contributed by atoms with E-state index in [4.69, 9.17) is 16.3 Å². The Kier molecular flexibility index (Phi) is 4.90. The Hall–Kier alpha value is -3.00. The van der Waals surface area contributed by atoms with Crippen LogP contribution in [0, 0.1) is 0 Å². The van der Waals surface area contributed by atoms with Crippen molar-refractivity contribution in [1.29, 1.82) is 0 Å². The van der Waals surface area contributed by atoms with Crippen molar-refractivity contribution in [1.82, 2.24) is 24.7 Å². The first-order chi connectivity index (χ1) is 12.1. The number of aromatic nitrogens is 5. The molecule has 1 aromatic carbocycles. The van der Waals surface area contributed by atoms with Gasteiger partial charge in [0.1, 0.15) is 12.0 Å². The summed E-state index contributed by atoms with van der Waals surface area (Å²) in [7, 11) is 2.80. The van der Waals surface area contributed by atoms with E-state index in [1.165, 1.54) is 25.2 Å². The summed E-state index contributed by atoms with van der Waals surface area (Å²) in [4.78, 5) is 24.2. The van der Waals surface area contributed by atoms with Crippen LogP contribution in [0.5, 0.6) is 5.88 Å². The molecule has 0 bridgehead atoms. The quantitative estimate of drug-likeness (QED) is 0.645. The number of rotatable bonds is 5. The van der Waals surface area contributed by atoms with E-state index in [0.29, 0.717) is 22.3 Å². The third kappa shape index (κ3) is 3.74. The standard InChI is InChI=1S/C16H14ClN5O3/c1-24-15-13(10-4-3-5-11(17)6-10)20-12(7-18-15)8-22-9-19-14(21-22)16(23)25-2/h3-7,9H,8H2,1-2H3. The number of hydrogen-bond donors (Lipinski definition) is 0. The molecule has 3 aromatic rings. The predicted octanol–water partition coefficient (Wildman–Crippen LogP) is 2.23. The van der Waals surface area contributed by atoms with Gasteiger partial charge in [-0.15, -0.1) is 5.10 Å². The lowest BCUT2D eigenvalue weighted by molar-refractivity contribution is 0.0586. The number of hydrogen-bond acceptors (Lipinski definition) is 7. The van der Waals surface area contributed by atoms with Crippen molar-refractivity contribution >= 4 is 17.6 Å². The molecular weight excluding hydrogens is 346 g/mol. The Morgan fingerprint density at radius 3 is 2.84 bits per heavy atom. The topological polar surface area (TPSA) is 92.0 Å². The van der Waals surface area contributed by atoms with Gasteiger partial charge in [0, 0.05) is 10.6 Å². The normalized spacial score (nSPS) is 10.5. The van der Waals surface area contributed by atoms with Gasteiger partial charge in [-0.25, -0.2) is 24.4 Å². The van der Waals surface area contributed by atoms with Crippen LogP contribution < -0.4 is 4.74 Å². The molecule has 9 heteroatoms. The first kappa shape index (κ1) is 16.8. The van der Waals surface area contributed by atoms with Crippen LogP contribution in [0.15, 0.2) is 36.8 Å². The number of carbonyl (C=O) groups excluding carboxylic acids is 1. The minimum Gasteiger partial charge on any atom is -0.479 e. The number of methoxy groups -OCH3 is 2. The maximum absolute atomic E-state index is 11.4. The van der Waals surface area contributed by atoms with Crippen LogP contribution in [0.25, 0.3) is 11.3 Å². The van der Waals surface area contributed by atoms with E-state index in [9.17, 15) is 4.79 Å². The van der Waals surface area contributed by atoms with Gasteiger partial charge in [0.15, 0.2) is 0 Å². The van der Waals surface area contributed by atoms with Gasteiger partial charge in [-0.05, 0) is 12.1 Å². The third-order valence-electron chi connectivity index (χ3n) is 3.31. The zero-order valence-corrected chi connectivity index (χ0v) is 14.3. The Labute approximate surface area is 148 Å². The summed E-state index contributed by atoms with van der Waals surface area (Å²) in [5.41, 5.74) is 1.97.